The molecule has 2 aliphatic heterocycles. The van der Waals surface area contributed by atoms with Gasteiger partial charge in [0.25, 0.3) is 11.8 Å². The first-order chi connectivity index (χ1) is 23.2. The van der Waals surface area contributed by atoms with Gasteiger partial charge in [0.15, 0.2) is 5.82 Å². The number of hydrogen-bond donors (Lipinski definition) is 2. The van der Waals surface area contributed by atoms with Gasteiger partial charge in [0.2, 0.25) is 11.9 Å². The molecule has 1 unspecified atom stereocenters. The standard InChI is InChI=1S/C36H38N8O4/c1-5-32(45)38-25-12-9-13-27(21-25)44-33-28(34(46)42(3)30(35(44)47)20-24-10-7-6-8-11-24)23-37-36(40-33)39-29-15-14-26(22-31(29)48-4)43-18-16-41(2)17-19-43/h5-15,21-23,30H,1,16-20H2,2-4H3,(H,38,45)(H,37,39,40). The first-order valence-corrected chi connectivity index (χ1v) is 15.7. The Bertz CT molecular complexity index is 1840. The van der Waals surface area contributed by atoms with Gasteiger partial charge in [0.1, 0.15) is 17.4 Å². The van der Waals surface area contributed by atoms with E-state index in [1.165, 1.54) is 22.1 Å². The van der Waals surface area contributed by atoms with E-state index in [2.05, 4.69) is 39.0 Å². The molecule has 12 nitrogen and oxygen atoms in total. The number of hydrogen-bond acceptors (Lipinski definition) is 9. The summed E-state index contributed by atoms with van der Waals surface area (Å²) in [5.74, 6) is -0.260. The van der Waals surface area contributed by atoms with Crippen LogP contribution in [-0.2, 0) is 16.0 Å². The maximum atomic E-state index is 14.6. The van der Waals surface area contributed by atoms with Crippen molar-refractivity contribution in [3.8, 4) is 5.75 Å². The lowest BCUT2D eigenvalue weighted by Gasteiger charge is -2.34. The predicted molar refractivity (Wildman–Crippen MR) is 186 cm³/mol. The first kappa shape index (κ1) is 32.2. The van der Waals surface area contributed by atoms with E-state index in [-0.39, 0.29) is 29.7 Å². The summed E-state index contributed by atoms with van der Waals surface area (Å²) < 4.78 is 5.74. The van der Waals surface area contributed by atoms with Crippen molar-refractivity contribution in [1.82, 2.24) is 19.8 Å². The molecule has 0 aliphatic carbocycles. The molecule has 0 bridgehead atoms. The third-order valence-corrected chi connectivity index (χ3v) is 8.63. The SMILES string of the molecule is C=CC(=O)Nc1cccc(N2C(=O)C(Cc3ccccc3)N(C)C(=O)c3cnc(Nc4ccc(N5CCN(C)CC5)cc4OC)nc32)c1. The molecule has 246 valence electrons. The highest BCUT2D eigenvalue weighted by Gasteiger charge is 2.40. The van der Waals surface area contributed by atoms with E-state index in [4.69, 9.17) is 9.72 Å². The Morgan fingerprint density at radius 2 is 1.75 bits per heavy atom. The second-order valence-corrected chi connectivity index (χ2v) is 11.8. The molecule has 2 N–H and O–H groups in total. The molecular formula is C36H38N8O4. The first-order valence-electron chi connectivity index (χ1n) is 15.7. The molecule has 4 aromatic rings. The molecule has 1 fully saturated rings. The summed E-state index contributed by atoms with van der Waals surface area (Å²) >= 11 is 0. The molecule has 6 rings (SSSR count). The molecule has 3 amide bonds. The lowest BCUT2D eigenvalue weighted by atomic mass is 10.0. The minimum Gasteiger partial charge on any atom is -0.494 e. The molecule has 0 spiro atoms. The van der Waals surface area contributed by atoms with Crippen molar-refractivity contribution >= 4 is 52.2 Å². The van der Waals surface area contributed by atoms with Gasteiger partial charge in [-0.25, -0.2) is 4.98 Å². The van der Waals surface area contributed by atoms with Crippen LogP contribution in [-0.4, -0.2) is 90.9 Å². The fraction of sp³-hybridized carbons (Fsp3) is 0.250. The summed E-state index contributed by atoms with van der Waals surface area (Å²) in [5, 5.41) is 5.98. The molecular weight excluding hydrogens is 608 g/mol. The molecule has 1 aromatic heterocycles. The number of nitrogens with zero attached hydrogens (tertiary/aromatic N) is 6. The Balaban J connectivity index is 1.39. The van der Waals surface area contributed by atoms with Crippen LogP contribution in [0.1, 0.15) is 15.9 Å². The van der Waals surface area contributed by atoms with Gasteiger partial charge in [-0.05, 0) is 49.0 Å². The monoisotopic (exact) mass is 646 g/mol. The molecule has 3 heterocycles. The van der Waals surface area contributed by atoms with Crippen LogP contribution in [0.4, 0.5) is 34.5 Å². The molecule has 0 radical (unpaired) electrons. The average molecular weight is 647 g/mol. The van der Waals surface area contributed by atoms with Gasteiger partial charge < -0.3 is 30.1 Å². The highest BCUT2D eigenvalue weighted by Crippen LogP contribution is 2.36. The van der Waals surface area contributed by atoms with Gasteiger partial charge in [0, 0.05) is 63.3 Å². The Morgan fingerprint density at radius 3 is 2.48 bits per heavy atom. The van der Waals surface area contributed by atoms with Crippen LogP contribution in [0.5, 0.6) is 5.75 Å². The van der Waals surface area contributed by atoms with Gasteiger partial charge in [-0.2, -0.15) is 4.98 Å². The maximum absolute atomic E-state index is 14.6. The van der Waals surface area contributed by atoms with Crippen LogP contribution >= 0.6 is 0 Å². The molecule has 1 atom stereocenters. The second-order valence-electron chi connectivity index (χ2n) is 11.8. The normalized spacial score (nSPS) is 16.6. The maximum Gasteiger partial charge on any atom is 0.259 e. The van der Waals surface area contributed by atoms with E-state index in [9.17, 15) is 14.4 Å². The van der Waals surface area contributed by atoms with Crippen molar-refractivity contribution in [2.24, 2.45) is 0 Å². The van der Waals surface area contributed by atoms with Crippen molar-refractivity contribution < 1.29 is 19.1 Å². The number of carbonyl (C=O) groups excluding carboxylic acids is 3. The number of carbonyl (C=O) groups is 3. The third-order valence-electron chi connectivity index (χ3n) is 8.63. The number of likely N-dealkylation sites (N-methyl/N-ethyl adjacent to an activating group) is 2. The van der Waals surface area contributed by atoms with Crippen LogP contribution in [0.2, 0.25) is 0 Å². The van der Waals surface area contributed by atoms with E-state index in [1.54, 1.807) is 38.4 Å². The largest absolute Gasteiger partial charge is 0.494 e. The van der Waals surface area contributed by atoms with Gasteiger partial charge in [-0.3, -0.25) is 19.3 Å². The fourth-order valence-corrected chi connectivity index (χ4v) is 5.90. The van der Waals surface area contributed by atoms with E-state index >= 15 is 0 Å². The number of benzene rings is 3. The third kappa shape index (κ3) is 6.69. The number of amides is 3. The summed E-state index contributed by atoms with van der Waals surface area (Å²) in [6, 6.07) is 21.4. The number of anilines is 6. The average Bonchev–Trinajstić information content (AvgIpc) is 3.18. The minimum absolute atomic E-state index is 0.116. The Labute approximate surface area is 279 Å². The molecule has 2 aliphatic rings. The van der Waals surface area contributed by atoms with Crippen molar-refractivity contribution in [2.75, 3.05) is 67.8 Å². The number of fused-ring (bicyclic) bond motifs is 1. The van der Waals surface area contributed by atoms with Crippen LogP contribution in [0, 0.1) is 0 Å². The summed E-state index contributed by atoms with van der Waals surface area (Å²) in [5.41, 5.74) is 3.60. The molecule has 12 heteroatoms. The van der Waals surface area contributed by atoms with E-state index in [0.29, 0.717) is 22.8 Å². The Kier molecular flexibility index (Phi) is 9.35. The fourth-order valence-electron chi connectivity index (χ4n) is 5.90. The summed E-state index contributed by atoms with van der Waals surface area (Å²) in [7, 11) is 5.33. The predicted octanol–water partition coefficient (Wildman–Crippen LogP) is 4.47. The van der Waals surface area contributed by atoms with Crippen molar-refractivity contribution in [1.29, 1.82) is 0 Å². The highest BCUT2D eigenvalue weighted by molar-refractivity contribution is 6.13. The highest BCUT2D eigenvalue weighted by atomic mass is 16.5. The second kappa shape index (κ2) is 13.9. The van der Waals surface area contributed by atoms with Crippen LogP contribution < -0.4 is 25.2 Å². The number of nitrogens with one attached hydrogen (secondary N) is 2. The van der Waals surface area contributed by atoms with Gasteiger partial charge in [-0.1, -0.05) is 43.0 Å². The van der Waals surface area contributed by atoms with Crippen molar-refractivity contribution in [3.63, 3.8) is 0 Å². The lowest BCUT2D eigenvalue weighted by Crippen LogP contribution is -2.46. The van der Waals surface area contributed by atoms with Gasteiger partial charge >= 0.3 is 0 Å². The molecule has 0 saturated carbocycles. The quantitative estimate of drug-likeness (QED) is 0.254. The van der Waals surface area contributed by atoms with Crippen molar-refractivity contribution in [2.45, 2.75) is 12.5 Å². The topological polar surface area (TPSA) is 123 Å². The lowest BCUT2D eigenvalue weighted by molar-refractivity contribution is -0.121. The Morgan fingerprint density at radius 1 is 0.979 bits per heavy atom. The van der Waals surface area contributed by atoms with Gasteiger partial charge in [-0.15, -0.1) is 0 Å². The zero-order chi connectivity index (χ0) is 33.8. The number of aromatic nitrogens is 2. The molecule has 1 saturated heterocycles. The minimum atomic E-state index is -0.848. The van der Waals surface area contributed by atoms with E-state index in [1.807, 2.05) is 48.5 Å². The van der Waals surface area contributed by atoms with Crippen LogP contribution in [0.3, 0.4) is 0 Å². The number of ether oxygens (including phenoxy) is 1. The summed E-state index contributed by atoms with van der Waals surface area (Å²) in [4.78, 5) is 57.3. The van der Waals surface area contributed by atoms with E-state index < -0.39 is 17.9 Å². The van der Waals surface area contributed by atoms with Crippen LogP contribution in [0.15, 0.2) is 91.6 Å². The number of piperazine rings is 1. The van der Waals surface area contributed by atoms with Gasteiger partial charge in [0.05, 0.1) is 18.5 Å². The van der Waals surface area contributed by atoms with Crippen molar-refractivity contribution in [3.05, 3.63) is 103 Å². The zero-order valence-electron chi connectivity index (χ0n) is 27.2. The number of methoxy groups -OCH3 is 1. The van der Waals surface area contributed by atoms with E-state index in [0.717, 1.165) is 37.4 Å². The zero-order valence-corrected chi connectivity index (χ0v) is 27.2. The van der Waals surface area contributed by atoms with Crippen LogP contribution in [0.25, 0.3) is 0 Å². The summed E-state index contributed by atoms with van der Waals surface area (Å²) in [6.07, 6.45) is 2.89. The summed E-state index contributed by atoms with van der Waals surface area (Å²) in [6.45, 7) is 7.30. The smallest absolute Gasteiger partial charge is 0.259 e. The Hall–Kier alpha value is -5.75. The molecule has 3 aromatic carbocycles. The number of rotatable bonds is 9. The molecule has 48 heavy (non-hydrogen) atoms.